The first-order chi connectivity index (χ1) is 10.8. The number of esters is 1. The third kappa shape index (κ3) is 3.81. The van der Waals surface area contributed by atoms with Crippen LogP contribution in [0, 0.1) is 13.8 Å². The number of phenols is 1. The van der Waals surface area contributed by atoms with Crippen molar-refractivity contribution in [3.8, 4) is 5.75 Å². The van der Waals surface area contributed by atoms with E-state index < -0.39 is 18.5 Å². The predicted molar refractivity (Wildman–Crippen MR) is 84.7 cm³/mol. The summed E-state index contributed by atoms with van der Waals surface area (Å²) in [5, 5.41) is 16.8. The number of aryl methyl sites for hydroxylation is 2. The molecular weight excluding hydrogens is 322 g/mol. The van der Waals surface area contributed by atoms with Gasteiger partial charge in [-0.05, 0) is 32.0 Å². The Balaban J connectivity index is 1.97. The van der Waals surface area contributed by atoms with Gasteiger partial charge >= 0.3 is 5.97 Å². The highest BCUT2D eigenvalue weighted by Crippen LogP contribution is 2.22. The van der Waals surface area contributed by atoms with Crippen molar-refractivity contribution in [1.82, 2.24) is 9.78 Å². The van der Waals surface area contributed by atoms with Crippen LogP contribution in [-0.4, -0.2) is 33.4 Å². The number of rotatable bonds is 4. The Hall–Kier alpha value is -2.54. The number of nitrogens with zero attached hydrogens (tertiary/aromatic N) is 2. The highest BCUT2D eigenvalue weighted by molar-refractivity contribution is 6.30. The van der Waals surface area contributed by atoms with Crippen molar-refractivity contribution < 1.29 is 19.4 Å². The normalized spacial score (nSPS) is 10.4. The van der Waals surface area contributed by atoms with E-state index in [-0.39, 0.29) is 11.3 Å². The Labute approximate surface area is 137 Å². The van der Waals surface area contributed by atoms with E-state index in [1.807, 2.05) is 6.92 Å². The predicted octanol–water partition coefficient (Wildman–Crippen LogP) is 2.19. The third-order valence-electron chi connectivity index (χ3n) is 3.29. The van der Waals surface area contributed by atoms with Crippen molar-refractivity contribution in [2.45, 2.75) is 13.8 Å². The molecule has 1 aromatic carbocycles. The highest BCUT2D eigenvalue weighted by atomic mass is 35.5. The molecule has 0 aliphatic heterocycles. The van der Waals surface area contributed by atoms with Gasteiger partial charge in [0.2, 0.25) is 0 Å². The van der Waals surface area contributed by atoms with Gasteiger partial charge in [0.15, 0.2) is 6.61 Å². The molecule has 0 atom stereocenters. The minimum atomic E-state index is -0.811. The SMILES string of the molecule is Cc1nn(C)c(C)c1NC(=O)COC(=O)c1ccc(Cl)cc1O. The lowest BCUT2D eigenvalue weighted by Crippen LogP contribution is -2.21. The molecule has 0 fully saturated rings. The van der Waals surface area contributed by atoms with Gasteiger partial charge in [-0.15, -0.1) is 0 Å². The molecule has 2 aromatic rings. The number of anilines is 1. The lowest BCUT2D eigenvalue weighted by Gasteiger charge is -2.08. The minimum absolute atomic E-state index is 0.0593. The number of aromatic nitrogens is 2. The van der Waals surface area contributed by atoms with Crippen LogP contribution in [0.25, 0.3) is 0 Å². The fourth-order valence-corrected chi connectivity index (χ4v) is 2.18. The van der Waals surface area contributed by atoms with Crippen molar-refractivity contribution in [2.75, 3.05) is 11.9 Å². The van der Waals surface area contributed by atoms with E-state index in [1.54, 1.807) is 18.7 Å². The third-order valence-corrected chi connectivity index (χ3v) is 3.52. The summed E-state index contributed by atoms with van der Waals surface area (Å²) in [6.45, 7) is 3.10. The summed E-state index contributed by atoms with van der Waals surface area (Å²) in [5.41, 5.74) is 1.98. The Kier molecular flexibility index (Phi) is 4.90. The largest absolute Gasteiger partial charge is 0.507 e. The second-order valence-corrected chi connectivity index (χ2v) is 5.39. The first-order valence-electron chi connectivity index (χ1n) is 6.75. The quantitative estimate of drug-likeness (QED) is 0.834. The molecular formula is C15H16ClN3O4. The summed E-state index contributed by atoms with van der Waals surface area (Å²) < 4.78 is 6.53. The summed E-state index contributed by atoms with van der Waals surface area (Å²) in [6.07, 6.45) is 0. The molecule has 23 heavy (non-hydrogen) atoms. The molecule has 0 unspecified atom stereocenters. The van der Waals surface area contributed by atoms with E-state index in [2.05, 4.69) is 10.4 Å². The minimum Gasteiger partial charge on any atom is -0.507 e. The number of ether oxygens (including phenoxy) is 1. The number of hydrogen-bond donors (Lipinski definition) is 2. The first-order valence-corrected chi connectivity index (χ1v) is 7.13. The number of hydrogen-bond acceptors (Lipinski definition) is 5. The van der Waals surface area contributed by atoms with Crippen LogP contribution in [-0.2, 0) is 16.6 Å². The second kappa shape index (κ2) is 6.70. The van der Waals surface area contributed by atoms with Gasteiger partial charge in [0.1, 0.15) is 11.3 Å². The molecule has 1 aromatic heterocycles. The number of carbonyl (C=O) groups excluding carboxylic acids is 2. The van der Waals surface area contributed by atoms with Crippen LogP contribution in [0.2, 0.25) is 5.02 Å². The number of aromatic hydroxyl groups is 1. The van der Waals surface area contributed by atoms with Crippen LogP contribution in [0.4, 0.5) is 5.69 Å². The van der Waals surface area contributed by atoms with Gasteiger partial charge in [0.25, 0.3) is 5.91 Å². The number of amides is 1. The maximum Gasteiger partial charge on any atom is 0.342 e. The molecule has 2 N–H and O–H groups in total. The van der Waals surface area contributed by atoms with Crippen molar-refractivity contribution in [3.05, 3.63) is 40.2 Å². The maximum absolute atomic E-state index is 11.9. The van der Waals surface area contributed by atoms with E-state index in [9.17, 15) is 14.7 Å². The maximum atomic E-state index is 11.9. The topological polar surface area (TPSA) is 93.5 Å². The number of benzene rings is 1. The van der Waals surface area contributed by atoms with E-state index in [1.165, 1.54) is 18.2 Å². The average molecular weight is 338 g/mol. The number of phenolic OH excluding ortho intramolecular Hbond substituents is 1. The first kappa shape index (κ1) is 16.8. The Morgan fingerprint density at radius 3 is 2.65 bits per heavy atom. The van der Waals surface area contributed by atoms with Crippen LogP contribution in [0.5, 0.6) is 5.75 Å². The lowest BCUT2D eigenvalue weighted by atomic mass is 10.2. The number of carbonyl (C=O) groups is 2. The van der Waals surface area contributed by atoms with Gasteiger partial charge in [0.05, 0.1) is 17.1 Å². The van der Waals surface area contributed by atoms with Crippen molar-refractivity contribution in [2.24, 2.45) is 7.05 Å². The summed E-state index contributed by atoms with van der Waals surface area (Å²) in [7, 11) is 1.77. The molecule has 0 spiro atoms. The molecule has 0 aliphatic carbocycles. The fourth-order valence-electron chi connectivity index (χ4n) is 2.02. The molecule has 1 heterocycles. The van der Waals surface area contributed by atoms with E-state index >= 15 is 0 Å². The second-order valence-electron chi connectivity index (χ2n) is 4.96. The zero-order chi connectivity index (χ0) is 17.1. The lowest BCUT2D eigenvalue weighted by molar-refractivity contribution is -0.119. The van der Waals surface area contributed by atoms with E-state index in [0.717, 1.165) is 5.69 Å². The summed E-state index contributed by atoms with van der Waals surface area (Å²) >= 11 is 5.69. The number of halogens is 1. The van der Waals surface area contributed by atoms with Crippen LogP contribution in [0.3, 0.4) is 0 Å². The van der Waals surface area contributed by atoms with E-state index in [4.69, 9.17) is 16.3 Å². The van der Waals surface area contributed by atoms with Crippen molar-refractivity contribution in [3.63, 3.8) is 0 Å². The average Bonchev–Trinajstić information content (AvgIpc) is 2.71. The fraction of sp³-hybridized carbons (Fsp3) is 0.267. The van der Waals surface area contributed by atoms with Crippen LogP contribution in [0.1, 0.15) is 21.7 Å². The molecule has 7 nitrogen and oxygen atoms in total. The highest BCUT2D eigenvalue weighted by Gasteiger charge is 2.16. The standard InChI is InChI=1S/C15H16ClN3O4/c1-8-14(9(2)19(3)18-8)17-13(21)7-23-15(22)11-5-4-10(16)6-12(11)20/h4-6,20H,7H2,1-3H3,(H,17,21). The van der Waals surface area contributed by atoms with Crippen LogP contribution < -0.4 is 5.32 Å². The Morgan fingerprint density at radius 2 is 2.09 bits per heavy atom. The molecule has 0 radical (unpaired) electrons. The monoisotopic (exact) mass is 337 g/mol. The molecule has 8 heteroatoms. The molecule has 0 bridgehead atoms. The zero-order valence-corrected chi connectivity index (χ0v) is 13.6. The van der Waals surface area contributed by atoms with Gasteiger partial charge in [0, 0.05) is 12.1 Å². The van der Waals surface area contributed by atoms with Crippen molar-refractivity contribution >= 4 is 29.2 Å². The van der Waals surface area contributed by atoms with Gasteiger partial charge < -0.3 is 15.2 Å². The Bertz CT molecular complexity index is 770. The van der Waals surface area contributed by atoms with Gasteiger partial charge in [-0.3, -0.25) is 9.48 Å². The molecule has 0 aliphatic rings. The van der Waals surface area contributed by atoms with Gasteiger partial charge in [-0.2, -0.15) is 5.10 Å². The zero-order valence-electron chi connectivity index (χ0n) is 12.9. The van der Waals surface area contributed by atoms with Crippen LogP contribution in [0.15, 0.2) is 18.2 Å². The molecule has 1 amide bonds. The summed E-state index contributed by atoms with van der Waals surface area (Å²) in [6, 6.07) is 3.99. The van der Waals surface area contributed by atoms with Crippen molar-refractivity contribution in [1.29, 1.82) is 0 Å². The Morgan fingerprint density at radius 1 is 1.39 bits per heavy atom. The van der Waals surface area contributed by atoms with Gasteiger partial charge in [-0.1, -0.05) is 11.6 Å². The summed E-state index contributed by atoms with van der Waals surface area (Å²) in [5.74, 6) is -1.61. The smallest absolute Gasteiger partial charge is 0.342 e. The number of nitrogens with one attached hydrogen (secondary N) is 1. The summed E-state index contributed by atoms with van der Waals surface area (Å²) in [4.78, 5) is 23.7. The molecule has 0 saturated carbocycles. The van der Waals surface area contributed by atoms with E-state index in [0.29, 0.717) is 16.4 Å². The van der Waals surface area contributed by atoms with Crippen LogP contribution >= 0.6 is 11.6 Å². The molecule has 0 saturated heterocycles. The molecule has 2 rings (SSSR count). The van der Waals surface area contributed by atoms with Gasteiger partial charge in [-0.25, -0.2) is 4.79 Å². The molecule has 122 valence electrons.